The van der Waals surface area contributed by atoms with Crippen LogP contribution in [0.15, 0.2) is 146 Å². The van der Waals surface area contributed by atoms with E-state index in [9.17, 15) is 10.2 Å². The Labute approximate surface area is 397 Å². The van der Waals surface area contributed by atoms with Crippen LogP contribution in [0, 0.1) is 17.8 Å². The van der Waals surface area contributed by atoms with E-state index in [4.69, 9.17) is 9.47 Å². The maximum absolute atomic E-state index is 16.6. The van der Waals surface area contributed by atoms with Crippen LogP contribution in [-0.2, 0) is 24.5 Å². The van der Waals surface area contributed by atoms with Crippen molar-refractivity contribution < 1.29 is 38.9 Å². The average Bonchev–Trinajstić information content (AvgIpc) is 3.70. The molecule has 0 radical (unpaired) electrons. The van der Waals surface area contributed by atoms with Crippen LogP contribution >= 0.6 is 0 Å². The molecule has 68 heavy (non-hydrogen) atoms. The lowest BCUT2D eigenvalue weighted by Crippen LogP contribution is -2.56. The first-order valence-corrected chi connectivity index (χ1v) is 23.5. The van der Waals surface area contributed by atoms with Crippen molar-refractivity contribution in [1.29, 1.82) is 0 Å². The zero-order valence-electron chi connectivity index (χ0n) is 38.1. The van der Waals surface area contributed by atoms with Crippen LogP contribution in [0.5, 0.6) is 5.75 Å². The molecule has 7 unspecified atom stereocenters. The fourth-order valence-electron chi connectivity index (χ4n) is 10.9. The minimum Gasteiger partial charge on any atom is -0.491 e. The number of hydrogen-bond acceptors (Lipinski definition) is 9. The van der Waals surface area contributed by atoms with Gasteiger partial charge in [-0.05, 0) is 79.1 Å². The number of aliphatic hydroxyl groups is 2. The summed E-state index contributed by atoms with van der Waals surface area (Å²) in [5.41, 5.74) is 0.318. The number of esters is 1. The number of amides is 4. The van der Waals surface area contributed by atoms with Crippen molar-refractivity contribution >= 4 is 29.5 Å². The summed E-state index contributed by atoms with van der Waals surface area (Å²) in [5, 5.41) is 27.8. The van der Waals surface area contributed by atoms with Gasteiger partial charge in [0, 0.05) is 17.7 Å². The number of ether oxygens (including phenoxy) is 2. The van der Waals surface area contributed by atoms with E-state index in [1.165, 1.54) is 6.08 Å². The predicted molar refractivity (Wildman–Crippen MR) is 257 cm³/mol. The van der Waals surface area contributed by atoms with Crippen LogP contribution in [0.4, 0.5) is 10.5 Å². The molecule has 12 heteroatoms. The Bertz CT molecular complexity index is 2730. The van der Waals surface area contributed by atoms with Gasteiger partial charge >= 0.3 is 12.0 Å². The molecule has 1 saturated carbocycles. The van der Waals surface area contributed by atoms with E-state index in [0.717, 1.165) is 41.7 Å². The number of morpholine rings is 1. The Balaban J connectivity index is 1.35. The van der Waals surface area contributed by atoms with Gasteiger partial charge in [0.05, 0.1) is 36.3 Å². The van der Waals surface area contributed by atoms with Crippen LogP contribution in [0.25, 0.3) is 0 Å². The minimum absolute atomic E-state index is 0.00668. The molecule has 1 spiro atoms. The van der Waals surface area contributed by atoms with E-state index >= 15 is 19.2 Å². The second-order valence-electron chi connectivity index (χ2n) is 18.1. The van der Waals surface area contributed by atoms with Gasteiger partial charge in [-0.3, -0.25) is 19.3 Å². The highest BCUT2D eigenvalue weighted by Crippen LogP contribution is 2.66. The molecule has 2 saturated heterocycles. The lowest BCUT2D eigenvalue weighted by atomic mass is 9.65. The van der Waals surface area contributed by atoms with Crippen LogP contribution in [-0.4, -0.2) is 70.3 Å². The molecule has 9 rings (SSSR count). The maximum atomic E-state index is 16.6. The number of rotatable bonds is 11. The van der Waals surface area contributed by atoms with Gasteiger partial charge in [-0.25, -0.2) is 9.69 Å². The number of anilines is 1. The molecule has 7 atom stereocenters. The molecule has 5 aromatic rings. The molecule has 5 aromatic carbocycles. The zero-order valence-corrected chi connectivity index (χ0v) is 38.1. The molecule has 348 valence electrons. The van der Waals surface area contributed by atoms with Crippen molar-refractivity contribution in [3.63, 3.8) is 0 Å². The number of fused-ring (bicyclic) bond motifs is 3. The summed E-state index contributed by atoms with van der Waals surface area (Å²) in [5.74, 6) is 3.06. The Morgan fingerprint density at radius 1 is 0.868 bits per heavy atom. The largest absolute Gasteiger partial charge is 0.491 e. The smallest absolute Gasteiger partial charge is 0.329 e. The number of carbonyl (C=O) groups excluding carboxylic acids is 4. The van der Waals surface area contributed by atoms with Gasteiger partial charge in [0.2, 0.25) is 11.8 Å². The third-order valence-electron chi connectivity index (χ3n) is 13.9. The number of imide groups is 1. The summed E-state index contributed by atoms with van der Waals surface area (Å²) in [6, 6.07) is 35.8. The van der Waals surface area contributed by atoms with Gasteiger partial charge in [0.1, 0.15) is 35.5 Å². The van der Waals surface area contributed by atoms with Gasteiger partial charge < -0.3 is 30.3 Å². The molecule has 3 heterocycles. The van der Waals surface area contributed by atoms with Gasteiger partial charge in [-0.1, -0.05) is 140 Å². The SMILES string of the molecule is C=CCNC(=O)C1C2C(=O)OC(c3ccccc3)C(c3ccccc3)N2C(c2ccccc2OCCO)C12C(=O)N(C(=O)NC(C)c1ccccc1)c1ccc(C#CC3(O)CCCCCC3)cc12. The van der Waals surface area contributed by atoms with Crippen molar-refractivity contribution in [3.8, 4) is 17.6 Å². The van der Waals surface area contributed by atoms with Gasteiger partial charge in [-0.2, -0.15) is 0 Å². The Morgan fingerprint density at radius 2 is 1.51 bits per heavy atom. The van der Waals surface area contributed by atoms with Gasteiger partial charge in [0.15, 0.2) is 0 Å². The molecule has 12 nitrogen and oxygen atoms in total. The van der Waals surface area contributed by atoms with Crippen LogP contribution in [0.3, 0.4) is 0 Å². The Hall–Kier alpha value is -7.04. The normalized spacial score (nSPS) is 24.3. The first-order valence-electron chi connectivity index (χ1n) is 23.5. The summed E-state index contributed by atoms with van der Waals surface area (Å²) in [6.07, 6.45) is 5.29. The number of aliphatic hydroxyl groups excluding tert-OH is 1. The van der Waals surface area contributed by atoms with Crippen LogP contribution < -0.4 is 20.3 Å². The molecule has 4 N–H and O–H groups in total. The van der Waals surface area contributed by atoms with Crippen LogP contribution in [0.2, 0.25) is 0 Å². The highest BCUT2D eigenvalue weighted by molar-refractivity contribution is 6.24. The molecular weight excluding hydrogens is 857 g/mol. The number of cyclic esters (lactones) is 1. The monoisotopic (exact) mass is 912 g/mol. The number of para-hydroxylation sites is 1. The van der Waals surface area contributed by atoms with Crippen molar-refractivity contribution in [1.82, 2.24) is 15.5 Å². The Kier molecular flexibility index (Phi) is 13.3. The zero-order chi connectivity index (χ0) is 47.4. The quantitative estimate of drug-likeness (QED) is 0.0447. The highest BCUT2D eigenvalue weighted by atomic mass is 16.6. The van der Waals surface area contributed by atoms with Crippen molar-refractivity contribution in [3.05, 3.63) is 179 Å². The molecule has 1 aliphatic carbocycles. The van der Waals surface area contributed by atoms with E-state index in [1.54, 1.807) is 42.5 Å². The molecule has 0 bridgehead atoms. The molecular formula is C56H56N4O8. The number of benzene rings is 5. The summed E-state index contributed by atoms with van der Waals surface area (Å²) < 4.78 is 12.9. The molecule has 4 aliphatic rings. The van der Waals surface area contributed by atoms with E-state index < -0.39 is 71.0 Å². The molecule has 3 fully saturated rings. The van der Waals surface area contributed by atoms with Crippen molar-refractivity contribution in [2.45, 2.75) is 86.7 Å². The second kappa shape index (κ2) is 19.7. The summed E-state index contributed by atoms with van der Waals surface area (Å²) >= 11 is 0. The fourth-order valence-corrected chi connectivity index (χ4v) is 10.9. The lowest BCUT2D eigenvalue weighted by molar-refractivity contribution is -0.178. The number of carbonyl (C=O) groups is 4. The Morgan fingerprint density at radius 3 is 2.19 bits per heavy atom. The van der Waals surface area contributed by atoms with Crippen LogP contribution in [0.1, 0.15) is 103 Å². The summed E-state index contributed by atoms with van der Waals surface area (Å²) in [6.45, 7) is 5.26. The lowest BCUT2D eigenvalue weighted by Gasteiger charge is -2.46. The second-order valence-corrected chi connectivity index (χ2v) is 18.1. The summed E-state index contributed by atoms with van der Waals surface area (Å²) in [7, 11) is 0. The summed E-state index contributed by atoms with van der Waals surface area (Å²) in [4.78, 5) is 65.6. The topological polar surface area (TPSA) is 158 Å². The van der Waals surface area contributed by atoms with E-state index in [2.05, 4.69) is 29.1 Å². The van der Waals surface area contributed by atoms with Gasteiger partial charge in [0.25, 0.3) is 0 Å². The number of nitrogens with zero attached hydrogens (tertiary/aromatic N) is 2. The number of nitrogens with one attached hydrogen (secondary N) is 2. The predicted octanol–water partition coefficient (Wildman–Crippen LogP) is 7.93. The van der Waals surface area contributed by atoms with Crippen molar-refractivity contribution in [2.24, 2.45) is 5.92 Å². The van der Waals surface area contributed by atoms with E-state index in [1.807, 2.05) is 103 Å². The minimum atomic E-state index is -2.06. The first kappa shape index (κ1) is 46.1. The van der Waals surface area contributed by atoms with E-state index in [-0.39, 0.29) is 31.0 Å². The third-order valence-corrected chi connectivity index (χ3v) is 13.9. The van der Waals surface area contributed by atoms with Gasteiger partial charge in [-0.15, -0.1) is 6.58 Å². The highest BCUT2D eigenvalue weighted by Gasteiger charge is 2.76. The molecule has 0 aromatic heterocycles. The fraction of sp³-hybridized carbons (Fsp3) is 0.321. The average molecular weight is 913 g/mol. The standard InChI is InChI=1S/C56H56N4O8/c1-3-33-57-51(62)46-48-52(63)68-49(41-23-13-8-14-24-41)47(40-21-11-7-12-22-40)60(48)50(42-25-15-16-26-45(42)67-35-34-61)56(46)43-36-38(29-32-55(66)30-17-4-5-18-31-55)27-28-44(43)59(53(56)64)54(65)58-37(2)39-19-9-6-10-20-39/h3,6-16,19-28,36-37,46-50,61,66H,1,4-5,17-18,30-31,33-35H2,2H3,(H,57,62)(H,58,65). The van der Waals surface area contributed by atoms with E-state index in [0.29, 0.717) is 35.3 Å². The molecule has 4 amide bonds. The van der Waals surface area contributed by atoms with Crippen molar-refractivity contribution in [2.75, 3.05) is 24.7 Å². The first-order chi connectivity index (χ1) is 33.1. The maximum Gasteiger partial charge on any atom is 0.329 e. The number of urea groups is 1. The molecule has 3 aliphatic heterocycles. The number of hydrogen-bond donors (Lipinski definition) is 4. The third kappa shape index (κ3) is 8.36.